The van der Waals surface area contributed by atoms with Crippen molar-refractivity contribution in [2.75, 3.05) is 0 Å². The lowest BCUT2D eigenvalue weighted by atomic mass is 9.89. The van der Waals surface area contributed by atoms with Gasteiger partial charge in [-0.15, -0.1) is 0 Å². The summed E-state index contributed by atoms with van der Waals surface area (Å²) in [5.74, 6) is 1.52. The number of aryl methyl sites for hydroxylation is 2. The van der Waals surface area contributed by atoms with Gasteiger partial charge < -0.3 is 14.8 Å². The van der Waals surface area contributed by atoms with Crippen LogP contribution in [0.1, 0.15) is 56.3 Å². The van der Waals surface area contributed by atoms with E-state index < -0.39 is 6.10 Å². The number of hydrogen-bond acceptors (Lipinski definition) is 3. The highest BCUT2D eigenvalue weighted by Gasteiger charge is 2.35. The summed E-state index contributed by atoms with van der Waals surface area (Å²) in [4.78, 5) is 13.0. The third-order valence-electron chi connectivity index (χ3n) is 4.97. The lowest BCUT2D eigenvalue weighted by molar-refractivity contribution is -0.129. The Morgan fingerprint density at radius 3 is 2.74 bits per heavy atom. The average molecular weight is 367 g/mol. The summed E-state index contributed by atoms with van der Waals surface area (Å²) in [6, 6.07) is 13.9. The van der Waals surface area contributed by atoms with Gasteiger partial charge in [0.1, 0.15) is 17.1 Å². The van der Waals surface area contributed by atoms with Crippen molar-refractivity contribution in [3.05, 3.63) is 59.2 Å². The van der Waals surface area contributed by atoms with Gasteiger partial charge in [0.05, 0.1) is 6.04 Å². The van der Waals surface area contributed by atoms with Gasteiger partial charge in [0.25, 0.3) is 5.91 Å². The molecule has 4 nitrogen and oxygen atoms in total. The topological polar surface area (TPSA) is 47.6 Å². The molecule has 1 N–H and O–H groups in total. The van der Waals surface area contributed by atoms with Crippen molar-refractivity contribution >= 4 is 5.91 Å². The minimum Gasteiger partial charge on any atom is -0.487 e. The predicted octanol–water partition coefficient (Wildman–Crippen LogP) is 4.88. The molecule has 0 fully saturated rings. The molecule has 2 aromatic carbocycles. The van der Waals surface area contributed by atoms with Gasteiger partial charge in [-0.3, -0.25) is 4.79 Å². The number of benzene rings is 2. The number of carbonyl (C=O) groups excluding carboxylic acids is 1. The largest absolute Gasteiger partial charge is 0.487 e. The van der Waals surface area contributed by atoms with Crippen LogP contribution in [0.4, 0.5) is 0 Å². The highest BCUT2D eigenvalue weighted by Crippen LogP contribution is 2.39. The van der Waals surface area contributed by atoms with Crippen LogP contribution in [0.2, 0.25) is 0 Å². The summed E-state index contributed by atoms with van der Waals surface area (Å²) < 4.78 is 12.1. The Bertz CT molecular complexity index is 828. The maximum Gasteiger partial charge on any atom is 0.261 e. The molecule has 2 unspecified atom stereocenters. The summed E-state index contributed by atoms with van der Waals surface area (Å²) in [5.41, 5.74) is 2.84. The van der Waals surface area contributed by atoms with Crippen LogP contribution in [0.3, 0.4) is 0 Å². The lowest BCUT2D eigenvalue weighted by Crippen LogP contribution is -2.45. The molecule has 27 heavy (non-hydrogen) atoms. The Balaban J connectivity index is 1.78. The lowest BCUT2D eigenvalue weighted by Gasteiger charge is -2.38. The van der Waals surface area contributed by atoms with Crippen LogP contribution in [0.5, 0.6) is 11.5 Å². The Morgan fingerprint density at radius 2 is 2.00 bits per heavy atom. The van der Waals surface area contributed by atoms with Crippen molar-refractivity contribution < 1.29 is 14.3 Å². The number of ether oxygens (including phenoxy) is 2. The van der Waals surface area contributed by atoms with Crippen molar-refractivity contribution in [2.45, 2.75) is 65.2 Å². The Hall–Kier alpha value is -2.49. The number of rotatable bonds is 5. The summed E-state index contributed by atoms with van der Waals surface area (Å²) in [6.45, 7) is 10.1. The summed E-state index contributed by atoms with van der Waals surface area (Å²) in [7, 11) is 0. The fourth-order valence-corrected chi connectivity index (χ4v) is 3.51. The molecule has 2 aromatic rings. The van der Waals surface area contributed by atoms with Crippen molar-refractivity contribution in [1.82, 2.24) is 5.32 Å². The van der Waals surface area contributed by atoms with E-state index in [4.69, 9.17) is 9.47 Å². The molecule has 0 aromatic heterocycles. The molecule has 3 rings (SSSR count). The molecule has 1 aliphatic heterocycles. The fraction of sp³-hybridized carbons (Fsp3) is 0.435. The molecule has 0 spiro atoms. The van der Waals surface area contributed by atoms with Crippen LogP contribution in [0.25, 0.3) is 0 Å². The minimum absolute atomic E-state index is 0.0871. The standard InChI is InChI=1S/C23H29NO3/c1-6-19(26-21-13-15(2)11-12-16(21)3)22(25)24-18-14-23(4,5)27-20-10-8-7-9-17(18)20/h7-13,18-19H,6,14H2,1-5H3,(H,24,25). The third-order valence-corrected chi connectivity index (χ3v) is 4.97. The molecule has 1 amide bonds. The number of hydrogen-bond donors (Lipinski definition) is 1. The Kier molecular flexibility index (Phi) is 5.45. The van der Waals surface area contributed by atoms with E-state index in [1.165, 1.54) is 0 Å². The quantitative estimate of drug-likeness (QED) is 0.819. The van der Waals surface area contributed by atoms with Crippen molar-refractivity contribution in [3.8, 4) is 11.5 Å². The molecule has 0 bridgehead atoms. The first-order chi connectivity index (χ1) is 12.8. The zero-order valence-electron chi connectivity index (χ0n) is 16.8. The van der Waals surface area contributed by atoms with Crippen LogP contribution in [0, 0.1) is 13.8 Å². The molecule has 144 valence electrons. The smallest absolute Gasteiger partial charge is 0.261 e. The third kappa shape index (κ3) is 4.44. The van der Waals surface area contributed by atoms with Gasteiger partial charge in [0.15, 0.2) is 6.10 Å². The molecule has 1 aliphatic rings. The Labute approximate surface area is 161 Å². The number of amides is 1. The summed E-state index contributed by atoms with van der Waals surface area (Å²) >= 11 is 0. The molecule has 1 heterocycles. The van der Waals surface area contributed by atoms with Gasteiger partial charge >= 0.3 is 0 Å². The second-order valence-corrected chi connectivity index (χ2v) is 7.95. The van der Waals surface area contributed by atoms with E-state index in [1.54, 1.807) is 0 Å². The first-order valence-corrected chi connectivity index (χ1v) is 9.61. The van der Waals surface area contributed by atoms with Gasteiger partial charge in [-0.1, -0.05) is 37.3 Å². The predicted molar refractivity (Wildman–Crippen MR) is 107 cm³/mol. The first kappa shape index (κ1) is 19.3. The van der Waals surface area contributed by atoms with Gasteiger partial charge in [-0.05, 0) is 57.4 Å². The number of nitrogens with one attached hydrogen (secondary N) is 1. The molecule has 0 saturated carbocycles. The van der Waals surface area contributed by atoms with Crippen LogP contribution in [-0.4, -0.2) is 17.6 Å². The molecule has 2 atom stereocenters. The van der Waals surface area contributed by atoms with E-state index in [9.17, 15) is 4.79 Å². The van der Waals surface area contributed by atoms with E-state index in [0.29, 0.717) is 6.42 Å². The summed E-state index contributed by atoms with van der Waals surface area (Å²) in [5, 5.41) is 3.19. The molecule has 0 saturated heterocycles. The van der Waals surface area contributed by atoms with Crippen LogP contribution in [0.15, 0.2) is 42.5 Å². The van der Waals surface area contributed by atoms with Gasteiger partial charge in [0.2, 0.25) is 0 Å². The molecular formula is C23H29NO3. The Morgan fingerprint density at radius 1 is 1.26 bits per heavy atom. The second-order valence-electron chi connectivity index (χ2n) is 7.95. The molecule has 0 aliphatic carbocycles. The van der Waals surface area contributed by atoms with Crippen molar-refractivity contribution in [3.63, 3.8) is 0 Å². The molecule has 0 radical (unpaired) electrons. The molecular weight excluding hydrogens is 338 g/mol. The number of para-hydroxylation sites is 1. The van der Waals surface area contributed by atoms with Crippen LogP contribution in [-0.2, 0) is 4.79 Å². The van der Waals surface area contributed by atoms with Crippen molar-refractivity contribution in [1.29, 1.82) is 0 Å². The number of carbonyl (C=O) groups is 1. The monoisotopic (exact) mass is 367 g/mol. The van der Waals surface area contributed by atoms with Gasteiger partial charge in [-0.2, -0.15) is 0 Å². The van der Waals surface area contributed by atoms with Gasteiger partial charge in [0, 0.05) is 12.0 Å². The fourth-order valence-electron chi connectivity index (χ4n) is 3.51. The van der Waals surface area contributed by atoms with Crippen LogP contribution >= 0.6 is 0 Å². The van der Waals surface area contributed by atoms with Crippen LogP contribution < -0.4 is 14.8 Å². The zero-order chi connectivity index (χ0) is 19.6. The zero-order valence-corrected chi connectivity index (χ0v) is 16.8. The summed E-state index contributed by atoms with van der Waals surface area (Å²) in [6.07, 6.45) is 0.798. The van der Waals surface area contributed by atoms with E-state index >= 15 is 0 Å². The maximum absolute atomic E-state index is 13.0. The normalized spacial score (nSPS) is 18.8. The van der Waals surface area contributed by atoms with E-state index in [2.05, 4.69) is 5.32 Å². The van der Waals surface area contributed by atoms with Crippen molar-refractivity contribution in [2.24, 2.45) is 0 Å². The second kappa shape index (κ2) is 7.63. The van der Waals surface area contributed by atoms with E-state index in [0.717, 1.165) is 34.6 Å². The minimum atomic E-state index is -0.524. The SMILES string of the molecule is CCC(Oc1cc(C)ccc1C)C(=O)NC1CC(C)(C)Oc2ccccc21. The highest BCUT2D eigenvalue weighted by molar-refractivity contribution is 5.81. The average Bonchev–Trinajstić information content (AvgIpc) is 2.61. The van der Waals surface area contributed by atoms with Gasteiger partial charge in [-0.25, -0.2) is 0 Å². The first-order valence-electron chi connectivity index (χ1n) is 9.61. The molecule has 4 heteroatoms. The number of fused-ring (bicyclic) bond motifs is 1. The maximum atomic E-state index is 13.0. The van der Waals surface area contributed by atoms with E-state index in [-0.39, 0.29) is 17.6 Å². The van der Waals surface area contributed by atoms with E-state index in [1.807, 2.05) is 77.1 Å². The highest BCUT2D eigenvalue weighted by atomic mass is 16.5.